The first-order chi connectivity index (χ1) is 20.9. The molecule has 0 spiro atoms. The molecular weight excluding hydrogens is 508 g/mol. The summed E-state index contributed by atoms with van der Waals surface area (Å²) in [7, 11) is 0. The van der Waals surface area contributed by atoms with Crippen LogP contribution < -0.4 is 0 Å². The van der Waals surface area contributed by atoms with E-state index in [4.69, 9.17) is 0 Å². The van der Waals surface area contributed by atoms with E-state index in [1.165, 1.54) is 87.5 Å². The first-order valence-corrected chi connectivity index (χ1v) is 14.5. The molecule has 0 aliphatic carbocycles. The zero-order valence-electron chi connectivity index (χ0n) is 22.8. The van der Waals surface area contributed by atoms with Crippen molar-refractivity contribution < 1.29 is 0 Å². The number of para-hydroxylation sites is 3. The lowest BCUT2D eigenvalue weighted by atomic mass is 9.98. The molecule has 0 radical (unpaired) electrons. The van der Waals surface area contributed by atoms with E-state index in [0.717, 1.165) is 0 Å². The molecule has 3 aromatic heterocycles. The molecule has 0 saturated heterocycles. The van der Waals surface area contributed by atoms with Gasteiger partial charge in [-0.1, -0.05) is 109 Å². The predicted molar refractivity (Wildman–Crippen MR) is 178 cm³/mol. The summed E-state index contributed by atoms with van der Waals surface area (Å²) in [4.78, 5) is 0. The zero-order valence-corrected chi connectivity index (χ0v) is 22.8. The van der Waals surface area contributed by atoms with E-state index in [1.807, 2.05) is 0 Å². The lowest BCUT2D eigenvalue weighted by Gasteiger charge is -2.10. The lowest BCUT2D eigenvalue weighted by molar-refractivity contribution is 1.18. The molecule has 0 amide bonds. The molecule has 2 heteroatoms. The monoisotopic (exact) mass is 532 g/mol. The number of hydrogen-bond donors (Lipinski definition) is 0. The fourth-order valence-electron chi connectivity index (χ4n) is 7.51. The maximum atomic E-state index is 2.47. The Morgan fingerprint density at radius 1 is 0.310 bits per heavy atom. The van der Waals surface area contributed by atoms with Crippen LogP contribution in [-0.4, -0.2) is 8.97 Å². The van der Waals surface area contributed by atoms with Crippen molar-refractivity contribution in [1.29, 1.82) is 0 Å². The molecule has 0 unspecified atom stereocenters. The number of hydrogen-bond acceptors (Lipinski definition) is 0. The van der Waals surface area contributed by atoms with Crippen molar-refractivity contribution in [1.82, 2.24) is 8.97 Å². The van der Waals surface area contributed by atoms with Gasteiger partial charge in [0.15, 0.2) is 0 Å². The van der Waals surface area contributed by atoms with Gasteiger partial charge in [-0.2, -0.15) is 0 Å². The summed E-state index contributed by atoms with van der Waals surface area (Å²) in [6.07, 6.45) is 0. The minimum atomic E-state index is 1.17. The standard InChI is InChI=1S/C40H24N2/c1-2-9-25(10-3-1)26-17-19-27(20-18-26)41-35-16-7-5-12-32(35)38-29-22-24-37-39(30(29)21-23-36(38)41)33-14-8-13-31-28-11-4-6-15-34(28)42(37)40(31)33/h1-24H. The Bertz CT molecular complexity index is 2650. The smallest absolute Gasteiger partial charge is 0.0620 e. The van der Waals surface area contributed by atoms with Gasteiger partial charge in [-0.05, 0) is 58.3 Å². The highest BCUT2D eigenvalue weighted by molar-refractivity contribution is 6.32. The largest absolute Gasteiger partial charge is 0.309 e. The minimum absolute atomic E-state index is 1.17. The van der Waals surface area contributed by atoms with Crippen LogP contribution in [0.4, 0.5) is 0 Å². The van der Waals surface area contributed by atoms with Crippen molar-refractivity contribution in [2.45, 2.75) is 0 Å². The average Bonchev–Trinajstić information content (AvgIpc) is 3.70. The Hall–Kier alpha value is -5.60. The molecule has 0 N–H and O–H groups in total. The average molecular weight is 533 g/mol. The Labute approximate surface area is 241 Å². The first-order valence-electron chi connectivity index (χ1n) is 14.5. The number of rotatable bonds is 2. The third-order valence-electron chi connectivity index (χ3n) is 9.25. The van der Waals surface area contributed by atoms with Crippen molar-refractivity contribution in [3.05, 3.63) is 146 Å². The van der Waals surface area contributed by atoms with Gasteiger partial charge >= 0.3 is 0 Å². The van der Waals surface area contributed by atoms with E-state index in [2.05, 4.69) is 155 Å². The van der Waals surface area contributed by atoms with Crippen LogP contribution in [0.2, 0.25) is 0 Å². The lowest BCUT2D eigenvalue weighted by Crippen LogP contribution is -1.93. The first kappa shape index (κ1) is 22.1. The molecule has 0 fully saturated rings. The molecule has 0 bridgehead atoms. The molecule has 10 rings (SSSR count). The van der Waals surface area contributed by atoms with Gasteiger partial charge in [-0.15, -0.1) is 0 Å². The van der Waals surface area contributed by atoms with Gasteiger partial charge in [0.25, 0.3) is 0 Å². The van der Waals surface area contributed by atoms with Gasteiger partial charge in [0.05, 0.1) is 27.6 Å². The minimum Gasteiger partial charge on any atom is -0.309 e. The topological polar surface area (TPSA) is 9.34 Å². The highest BCUT2D eigenvalue weighted by Crippen LogP contribution is 2.44. The van der Waals surface area contributed by atoms with Crippen LogP contribution in [0.1, 0.15) is 0 Å². The highest BCUT2D eigenvalue weighted by Gasteiger charge is 2.21. The van der Waals surface area contributed by atoms with Crippen molar-refractivity contribution in [3.63, 3.8) is 0 Å². The second-order valence-corrected chi connectivity index (χ2v) is 11.3. The van der Waals surface area contributed by atoms with E-state index in [1.54, 1.807) is 0 Å². The molecule has 0 aliphatic heterocycles. The third-order valence-corrected chi connectivity index (χ3v) is 9.25. The number of nitrogens with zero attached hydrogens (tertiary/aromatic N) is 2. The Morgan fingerprint density at radius 3 is 1.71 bits per heavy atom. The van der Waals surface area contributed by atoms with Gasteiger partial charge in [0.1, 0.15) is 0 Å². The van der Waals surface area contributed by atoms with Gasteiger partial charge in [0.2, 0.25) is 0 Å². The molecule has 0 aliphatic rings. The molecule has 194 valence electrons. The van der Waals surface area contributed by atoms with Crippen molar-refractivity contribution in [2.75, 3.05) is 0 Å². The van der Waals surface area contributed by atoms with Gasteiger partial charge in [-0.3, -0.25) is 0 Å². The van der Waals surface area contributed by atoms with Crippen LogP contribution >= 0.6 is 0 Å². The molecule has 3 heterocycles. The highest BCUT2D eigenvalue weighted by atomic mass is 15.0. The summed E-state index contributed by atoms with van der Waals surface area (Å²) in [5.74, 6) is 0. The molecule has 2 nitrogen and oxygen atoms in total. The van der Waals surface area contributed by atoms with E-state index < -0.39 is 0 Å². The van der Waals surface area contributed by atoms with Gasteiger partial charge in [0, 0.05) is 38.0 Å². The Morgan fingerprint density at radius 2 is 0.905 bits per heavy atom. The van der Waals surface area contributed by atoms with Crippen molar-refractivity contribution in [2.24, 2.45) is 0 Å². The normalized spacial score (nSPS) is 12.3. The molecular formula is C40H24N2. The van der Waals surface area contributed by atoms with Crippen molar-refractivity contribution in [3.8, 4) is 16.8 Å². The fourth-order valence-corrected chi connectivity index (χ4v) is 7.51. The van der Waals surface area contributed by atoms with Crippen LogP contribution in [0, 0.1) is 0 Å². The molecule has 0 atom stereocenters. The maximum absolute atomic E-state index is 2.47. The Balaban J connectivity index is 1.30. The number of fused-ring (bicyclic) bond motifs is 12. The van der Waals surface area contributed by atoms with E-state index in [9.17, 15) is 0 Å². The molecule has 7 aromatic carbocycles. The molecule has 0 saturated carbocycles. The summed E-state index contributed by atoms with van der Waals surface area (Å²) >= 11 is 0. The second-order valence-electron chi connectivity index (χ2n) is 11.3. The third kappa shape index (κ3) is 2.74. The van der Waals surface area contributed by atoms with Gasteiger partial charge in [-0.25, -0.2) is 0 Å². The van der Waals surface area contributed by atoms with Crippen LogP contribution in [0.5, 0.6) is 0 Å². The summed E-state index contributed by atoms with van der Waals surface area (Å²) in [5, 5.41) is 10.5. The number of benzene rings is 7. The van der Waals surface area contributed by atoms with Crippen LogP contribution in [0.25, 0.3) is 87.5 Å². The number of aromatic nitrogens is 2. The van der Waals surface area contributed by atoms with Crippen LogP contribution in [0.3, 0.4) is 0 Å². The summed E-state index contributed by atoms with van der Waals surface area (Å²) < 4.78 is 4.89. The predicted octanol–water partition coefficient (Wildman–Crippen LogP) is 10.8. The van der Waals surface area contributed by atoms with Crippen LogP contribution in [0.15, 0.2) is 146 Å². The van der Waals surface area contributed by atoms with E-state index in [-0.39, 0.29) is 0 Å². The summed E-state index contributed by atoms with van der Waals surface area (Å²) in [5.41, 5.74) is 9.97. The van der Waals surface area contributed by atoms with Crippen LogP contribution in [-0.2, 0) is 0 Å². The second kappa shape index (κ2) is 7.99. The summed E-state index contributed by atoms with van der Waals surface area (Å²) in [6.45, 7) is 0. The SMILES string of the molecule is c1ccc(-c2ccc(-n3c4ccccc4c4c5ccc6c(c5ccc43)c3cccc4c5ccccc5n6c43)cc2)cc1. The van der Waals surface area contributed by atoms with E-state index >= 15 is 0 Å². The molecule has 10 aromatic rings. The fraction of sp³-hybridized carbons (Fsp3) is 0. The summed E-state index contributed by atoms with van der Waals surface area (Å²) in [6, 6.07) is 53.3. The quantitative estimate of drug-likeness (QED) is 0.209. The maximum Gasteiger partial charge on any atom is 0.0620 e. The zero-order chi connectivity index (χ0) is 27.4. The molecule has 42 heavy (non-hydrogen) atoms. The van der Waals surface area contributed by atoms with Crippen molar-refractivity contribution >= 4 is 70.7 Å². The Kier molecular flexibility index (Phi) is 4.21. The van der Waals surface area contributed by atoms with Gasteiger partial charge < -0.3 is 8.97 Å². The van der Waals surface area contributed by atoms with E-state index in [0.29, 0.717) is 0 Å².